The molecular weight excluding hydrogens is 229 g/mol. The zero-order valence-corrected chi connectivity index (χ0v) is 8.15. The zero-order valence-electron chi connectivity index (χ0n) is 5.75. The van der Waals surface area contributed by atoms with Gasteiger partial charge in [0.15, 0.2) is 0 Å². The topological polar surface area (TPSA) is 46.2 Å². The molecule has 0 saturated carbocycles. The molecule has 0 aromatic heterocycles. The third-order valence-electron chi connectivity index (χ3n) is 1.25. The molecule has 0 bridgehead atoms. The Bertz CT molecular complexity index is 242. The summed E-state index contributed by atoms with van der Waals surface area (Å²) in [5.41, 5.74) is 6.30. The van der Waals surface area contributed by atoms with Gasteiger partial charge in [0.1, 0.15) is 5.75 Å². The van der Waals surface area contributed by atoms with Crippen LogP contribution in [0, 0.1) is 0 Å². The minimum absolute atomic E-state index is 0. The molecule has 1 aromatic carbocycles. The van der Waals surface area contributed by atoms with Gasteiger partial charge in [-0.15, -0.1) is 12.4 Å². The number of rotatable bonds is 1. The zero-order chi connectivity index (χ0) is 7.56. The fourth-order valence-electron chi connectivity index (χ4n) is 0.718. The Morgan fingerprint density at radius 2 is 2.09 bits per heavy atom. The molecule has 62 valence electrons. The molecule has 0 aliphatic carbocycles. The van der Waals surface area contributed by atoms with Gasteiger partial charge in [0, 0.05) is 11.0 Å². The van der Waals surface area contributed by atoms with Crippen LogP contribution in [0.2, 0.25) is 0 Å². The van der Waals surface area contributed by atoms with E-state index < -0.39 is 0 Å². The maximum absolute atomic E-state index is 8.99. The quantitative estimate of drug-likeness (QED) is 0.786. The smallest absolute Gasteiger partial charge is 0.115 e. The maximum atomic E-state index is 8.99. The number of phenols is 1. The van der Waals surface area contributed by atoms with Gasteiger partial charge >= 0.3 is 0 Å². The summed E-state index contributed by atoms with van der Waals surface area (Å²) >= 11 is 3.30. The van der Waals surface area contributed by atoms with E-state index in [-0.39, 0.29) is 18.2 Å². The third-order valence-corrected chi connectivity index (χ3v) is 2.02. The van der Waals surface area contributed by atoms with Crippen LogP contribution in [0.15, 0.2) is 22.7 Å². The maximum Gasteiger partial charge on any atom is 0.115 e. The van der Waals surface area contributed by atoms with Crippen LogP contribution in [0.4, 0.5) is 0 Å². The lowest BCUT2D eigenvalue weighted by atomic mass is 10.2. The Morgan fingerprint density at radius 3 is 2.55 bits per heavy atom. The van der Waals surface area contributed by atoms with Crippen LogP contribution in [0.1, 0.15) is 5.56 Å². The predicted octanol–water partition coefficient (Wildman–Crippen LogP) is 2.04. The highest BCUT2D eigenvalue weighted by Gasteiger charge is 1.96. The minimum Gasteiger partial charge on any atom is -0.508 e. The first-order chi connectivity index (χ1) is 4.74. The summed E-state index contributed by atoms with van der Waals surface area (Å²) in [6, 6.07) is 5.03. The lowest BCUT2D eigenvalue weighted by Gasteiger charge is -1.99. The van der Waals surface area contributed by atoms with Crippen LogP contribution in [-0.4, -0.2) is 5.11 Å². The van der Waals surface area contributed by atoms with E-state index in [1.165, 1.54) is 0 Å². The summed E-state index contributed by atoms with van der Waals surface area (Å²) in [6.07, 6.45) is 0. The van der Waals surface area contributed by atoms with Crippen molar-refractivity contribution in [3.8, 4) is 5.75 Å². The molecule has 0 fully saturated rings. The van der Waals surface area contributed by atoms with Crippen molar-refractivity contribution < 1.29 is 5.11 Å². The van der Waals surface area contributed by atoms with Crippen molar-refractivity contribution >= 4 is 28.3 Å². The van der Waals surface area contributed by atoms with E-state index in [0.717, 1.165) is 10.0 Å². The summed E-state index contributed by atoms with van der Waals surface area (Å²) in [5, 5.41) is 8.99. The van der Waals surface area contributed by atoms with E-state index in [2.05, 4.69) is 15.9 Å². The van der Waals surface area contributed by atoms with Crippen molar-refractivity contribution in [1.29, 1.82) is 0 Å². The van der Waals surface area contributed by atoms with E-state index in [9.17, 15) is 0 Å². The van der Waals surface area contributed by atoms with Crippen LogP contribution < -0.4 is 5.73 Å². The fourth-order valence-corrected chi connectivity index (χ4v) is 1.13. The average Bonchev–Trinajstić information content (AvgIpc) is 1.94. The number of benzene rings is 1. The second-order valence-electron chi connectivity index (χ2n) is 1.98. The summed E-state index contributed by atoms with van der Waals surface area (Å²) in [6.45, 7) is 0.439. The summed E-state index contributed by atoms with van der Waals surface area (Å²) in [7, 11) is 0. The van der Waals surface area contributed by atoms with Gasteiger partial charge in [-0.2, -0.15) is 0 Å². The number of nitrogens with two attached hydrogens (primary N) is 1. The number of halogens is 2. The lowest BCUT2D eigenvalue weighted by Crippen LogP contribution is -1.96. The third kappa shape index (κ3) is 2.69. The molecule has 0 saturated heterocycles. The molecule has 0 aliphatic rings. The Hall–Kier alpha value is -0.250. The number of phenolic OH excluding ortho intramolecular Hbond substituents is 1. The van der Waals surface area contributed by atoms with Crippen molar-refractivity contribution in [3.63, 3.8) is 0 Å². The summed E-state index contributed by atoms with van der Waals surface area (Å²) in [5.74, 6) is 0.253. The molecule has 0 atom stereocenters. The monoisotopic (exact) mass is 237 g/mol. The largest absolute Gasteiger partial charge is 0.508 e. The normalized spacial score (nSPS) is 8.91. The van der Waals surface area contributed by atoms with Crippen LogP contribution in [-0.2, 0) is 6.54 Å². The molecule has 11 heavy (non-hydrogen) atoms. The van der Waals surface area contributed by atoms with Gasteiger partial charge in [0.05, 0.1) is 0 Å². The molecule has 4 heteroatoms. The van der Waals surface area contributed by atoms with Crippen LogP contribution in [0.3, 0.4) is 0 Å². The Balaban J connectivity index is 0.000001000. The highest BCUT2D eigenvalue weighted by molar-refractivity contribution is 9.10. The average molecular weight is 239 g/mol. The van der Waals surface area contributed by atoms with E-state index in [1.54, 1.807) is 18.2 Å². The van der Waals surface area contributed by atoms with E-state index >= 15 is 0 Å². The molecule has 0 spiro atoms. The molecule has 0 radical (unpaired) electrons. The van der Waals surface area contributed by atoms with Gasteiger partial charge in [-0.1, -0.05) is 15.9 Å². The van der Waals surface area contributed by atoms with Crippen molar-refractivity contribution in [2.45, 2.75) is 6.54 Å². The first-order valence-corrected chi connectivity index (χ1v) is 3.71. The van der Waals surface area contributed by atoms with Gasteiger partial charge in [0.25, 0.3) is 0 Å². The molecule has 1 rings (SSSR count). The molecule has 0 heterocycles. The predicted molar refractivity (Wildman–Crippen MR) is 50.9 cm³/mol. The molecule has 3 N–H and O–H groups in total. The minimum atomic E-state index is 0. The van der Waals surface area contributed by atoms with Crippen molar-refractivity contribution in [1.82, 2.24) is 0 Å². The fraction of sp³-hybridized carbons (Fsp3) is 0.143. The lowest BCUT2D eigenvalue weighted by molar-refractivity contribution is 0.474. The number of aromatic hydroxyl groups is 1. The van der Waals surface area contributed by atoms with Gasteiger partial charge < -0.3 is 10.8 Å². The van der Waals surface area contributed by atoms with E-state index in [0.29, 0.717) is 6.54 Å². The Kier molecular flexibility index (Phi) is 4.49. The van der Waals surface area contributed by atoms with Crippen LogP contribution in [0.5, 0.6) is 5.75 Å². The summed E-state index contributed by atoms with van der Waals surface area (Å²) < 4.78 is 0.938. The highest BCUT2D eigenvalue weighted by Crippen LogP contribution is 2.20. The van der Waals surface area contributed by atoms with Crippen molar-refractivity contribution in [2.75, 3.05) is 0 Å². The first kappa shape index (κ1) is 10.8. The van der Waals surface area contributed by atoms with E-state index in [1.807, 2.05) is 0 Å². The van der Waals surface area contributed by atoms with E-state index in [4.69, 9.17) is 10.8 Å². The Morgan fingerprint density at radius 1 is 1.45 bits per heavy atom. The van der Waals surface area contributed by atoms with Crippen LogP contribution >= 0.6 is 28.3 Å². The molecule has 0 unspecified atom stereocenters. The van der Waals surface area contributed by atoms with Gasteiger partial charge in [0.2, 0.25) is 0 Å². The summed E-state index contributed by atoms with van der Waals surface area (Å²) in [4.78, 5) is 0. The first-order valence-electron chi connectivity index (χ1n) is 2.91. The van der Waals surface area contributed by atoms with Crippen molar-refractivity contribution in [2.24, 2.45) is 5.73 Å². The van der Waals surface area contributed by atoms with Gasteiger partial charge in [-0.25, -0.2) is 0 Å². The van der Waals surface area contributed by atoms with Crippen LogP contribution in [0.25, 0.3) is 0 Å². The second kappa shape index (κ2) is 4.59. The standard InChI is InChI=1S/C7H8BrNO.ClH/c8-7-2-1-6(10)3-5(7)4-9;/h1-3,10H,4,9H2;1H. The van der Waals surface area contributed by atoms with Crippen molar-refractivity contribution in [3.05, 3.63) is 28.2 Å². The number of hydrogen-bond acceptors (Lipinski definition) is 2. The highest BCUT2D eigenvalue weighted by atomic mass is 79.9. The molecular formula is C7H9BrClNO. The van der Waals surface area contributed by atoms with Gasteiger partial charge in [-0.3, -0.25) is 0 Å². The second-order valence-corrected chi connectivity index (χ2v) is 2.83. The number of hydrogen-bond donors (Lipinski definition) is 2. The molecule has 0 amide bonds. The molecule has 1 aromatic rings. The SMILES string of the molecule is Cl.NCc1cc(O)ccc1Br. The molecule has 2 nitrogen and oxygen atoms in total. The van der Waals surface area contributed by atoms with Gasteiger partial charge in [-0.05, 0) is 23.8 Å². The Labute approximate surface area is 80.0 Å². The molecule has 0 aliphatic heterocycles.